The van der Waals surface area contributed by atoms with Gasteiger partial charge in [0.05, 0.1) is 24.8 Å². The average Bonchev–Trinajstić information content (AvgIpc) is 2.30. The average molecular weight is 218 g/mol. The Hall–Kier alpha value is -1.37. The molecule has 1 rings (SSSR count). The third-order valence-corrected chi connectivity index (χ3v) is 2.40. The molecular formula is C13H18N2O. The number of ether oxygens (including phenoxy) is 1. The summed E-state index contributed by atoms with van der Waals surface area (Å²) in [5.74, 6) is 0. The second-order valence-corrected chi connectivity index (χ2v) is 3.66. The number of rotatable bonds is 6. The summed E-state index contributed by atoms with van der Waals surface area (Å²) in [6.45, 7) is 7.26. The monoisotopic (exact) mass is 218 g/mol. The lowest BCUT2D eigenvalue weighted by Crippen LogP contribution is -2.18. The zero-order valence-electron chi connectivity index (χ0n) is 9.92. The van der Waals surface area contributed by atoms with Crippen LogP contribution >= 0.6 is 0 Å². The van der Waals surface area contributed by atoms with Crippen LogP contribution in [0.15, 0.2) is 18.2 Å². The van der Waals surface area contributed by atoms with Crippen molar-refractivity contribution in [2.45, 2.75) is 20.5 Å². The summed E-state index contributed by atoms with van der Waals surface area (Å²) in [4.78, 5) is 0. The first-order valence-electron chi connectivity index (χ1n) is 5.56. The Morgan fingerprint density at radius 2 is 2.25 bits per heavy atom. The number of likely N-dealkylation sites (N-methyl/N-ethyl adjacent to an activating group) is 1. The van der Waals surface area contributed by atoms with Crippen molar-refractivity contribution in [2.24, 2.45) is 0 Å². The van der Waals surface area contributed by atoms with E-state index in [0.717, 1.165) is 24.2 Å². The zero-order chi connectivity index (χ0) is 11.8. The second-order valence-electron chi connectivity index (χ2n) is 3.66. The number of nitrogens with one attached hydrogen (secondary N) is 1. The van der Waals surface area contributed by atoms with Gasteiger partial charge >= 0.3 is 0 Å². The molecule has 3 nitrogen and oxygen atoms in total. The van der Waals surface area contributed by atoms with E-state index in [0.29, 0.717) is 18.8 Å². The summed E-state index contributed by atoms with van der Waals surface area (Å²) in [5.41, 5.74) is 2.96. The highest BCUT2D eigenvalue weighted by atomic mass is 16.5. The van der Waals surface area contributed by atoms with Crippen LogP contribution in [0.2, 0.25) is 0 Å². The Kier molecular flexibility index (Phi) is 5.55. The molecule has 3 heteroatoms. The molecule has 0 aliphatic carbocycles. The Labute approximate surface area is 97.0 Å². The van der Waals surface area contributed by atoms with Crippen molar-refractivity contribution in [3.8, 4) is 6.07 Å². The van der Waals surface area contributed by atoms with Crippen molar-refractivity contribution in [1.82, 2.24) is 5.32 Å². The lowest BCUT2D eigenvalue weighted by atomic mass is 10.1. The van der Waals surface area contributed by atoms with E-state index in [1.54, 1.807) is 0 Å². The SMILES string of the molecule is CCNCCOCc1ccc(C#N)cc1C. The second kappa shape index (κ2) is 7.00. The van der Waals surface area contributed by atoms with Crippen molar-refractivity contribution in [3.05, 3.63) is 34.9 Å². The fraction of sp³-hybridized carbons (Fsp3) is 0.462. The van der Waals surface area contributed by atoms with Gasteiger partial charge in [0.1, 0.15) is 0 Å². The molecule has 0 aliphatic heterocycles. The fourth-order valence-electron chi connectivity index (χ4n) is 1.43. The topological polar surface area (TPSA) is 45.0 Å². The van der Waals surface area contributed by atoms with Gasteiger partial charge < -0.3 is 10.1 Å². The lowest BCUT2D eigenvalue weighted by Gasteiger charge is -2.07. The summed E-state index contributed by atoms with van der Waals surface area (Å²) in [7, 11) is 0. The molecule has 0 saturated carbocycles. The van der Waals surface area contributed by atoms with Gasteiger partial charge in [0.2, 0.25) is 0 Å². The number of hydrogen-bond donors (Lipinski definition) is 1. The summed E-state index contributed by atoms with van der Waals surface area (Å²) in [6.07, 6.45) is 0. The van der Waals surface area contributed by atoms with Crippen LogP contribution in [-0.2, 0) is 11.3 Å². The maximum Gasteiger partial charge on any atom is 0.0991 e. The molecule has 0 radical (unpaired) electrons. The molecule has 0 unspecified atom stereocenters. The number of aryl methyl sites for hydroxylation is 1. The van der Waals surface area contributed by atoms with Gasteiger partial charge in [0.15, 0.2) is 0 Å². The maximum absolute atomic E-state index is 8.74. The van der Waals surface area contributed by atoms with Gasteiger partial charge in [0, 0.05) is 6.54 Å². The number of hydrogen-bond acceptors (Lipinski definition) is 3. The van der Waals surface area contributed by atoms with E-state index in [4.69, 9.17) is 10.00 Å². The van der Waals surface area contributed by atoms with Crippen LogP contribution < -0.4 is 5.32 Å². The van der Waals surface area contributed by atoms with Crippen LogP contribution in [0, 0.1) is 18.3 Å². The lowest BCUT2D eigenvalue weighted by molar-refractivity contribution is 0.122. The fourth-order valence-corrected chi connectivity index (χ4v) is 1.43. The highest BCUT2D eigenvalue weighted by molar-refractivity contribution is 5.37. The Morgan fingerprint density at radius 1 is 1.44 bits per heavy atom. The Bertz CT molecular complexity index is 369. The van der Waals surface area contributed by atoms with Gasteiger partial charge in [-0.2, -0.15) is 5.26 Å². The van der Waals surface area contributed by atoms with Crippen molar-refractivity contribution < 1.29 is 4.74 Å². The molecule has 1 N–H and O–H groups in total. The smallest absolute Gasteiger partial charge is 0.0991 e. The van der Waals surface area contributed by atoms with E-state index < -0.39 is 0 Å². The third kappa shape index (κ3) is 4.01. The van der Waals surface area contributed by atoms with Crippen LogP contribution in [0.5, 0.6) is 0 Å². The van der Waals surface area contributed by atoms with Crippen LogP contribution in [-0.4, -0.2) is 19.7 Å². The van der Waals surface area contributed by atoms with E-state index in [-0.39, 0.29) is 0 Å². The van der Waals surface area contributed by atoms with E-state index in [9.17, 15) is 0 Å². The van der Waals surface area contributed by atoms with Crippen molar-refractivity contribution in [2.75, 3.05) is 19.7 Å². The van der Waals surface area contributed by atoms with Crippen LogP contribution in [0.3, 0.4) is 0 Å². The summed E-state index contributed by atoms with van der Waals surface area (Å²) in [6, 6.07) is 7.81. The predicted octanol–water partition coefficient (Wildman–Crippen LogP) is 1.99. The number of benzene rings is 1. The molecule has 0 heterocycles. The minimum atomic E-state index is 0.614. The first-order chi connectivity index (χ1) is 7.77. The highest BCUT2D eigenvalue weighted by Gasteiger charge is 1.99. The Balaban J connectivity index is 2.40. The molecule has 0 bridgehead atoms. The minimum Gasteiger partial charge on any atom is -0.375 e. The van der Waals surface area contributed by atoms with E-state index >= 15 is 0 Å². The van der Waals surface area contributed by atoms with E-state index in [1.807, 2.05) is 25.1 Å². The van der Waals surface area contributed by atoms with Gasteiger partial charge in [0.25, 0.3) is 0 Å². The third-order valence-electron chi connectivity index (χ3n) is 2.40. The van der Waals surface area contributed by atoms with Gasteiger partial charge in [-0.25, -0.2) is 0 Å². The van der Waals surface area contributed by atoms with Crippen LogP contribution in [0.1, 0.15) is 23.6 Å². The number of nitriles is 1. The summed E-state index contributed by atoms with van der Waals surface area (Å²) in [5, 5.41) is 11.9. The zero-order valence-corrected chi connectivity index (χ0v) is 9.92. The molecule has 0 fully saturated rings. The molecule has 1 aromatic carbocycles. The van der Waals surface area contributed by atoms with Gasteiger partial charge in [-0.3, -0.25) is 0 Å². The molecule has 1 aromatic rings. The highest BCUT2D eigenvalue weighted by Crippen LogP contribution is 2.11. The standard InChI is InChI=1S/C13H18N2O/c1-3-15-6-7-16-10-13-5-4-12(9-14)8-11(13)2/h4-5,8,15H,3,6-7,10H2,1-2H3. The van der Waals surface area contributed by atoms with Gasteiger partial charge in [-0.15, -0.1) is 0 Å². The summed E-state index contributed by atoms with van der Waals surface area (Å²) < 4.78 is 5.53. The van der Waals surface area contributed by atoms with Crippen LogP contribution in [0.4, 0.5) is 0 Å². The van der Waals surface area contributed by atoms with Gasteiger partial charge in [-0.1, -0.05) is 13.0 Å². The largest absolute Gasteiger partial charge is 0.375 e. The predicted molar refractivity (Wildman–Crippen MR) is 64.1 cm³/mol. The molecular weight excluding hydrogens is 200 g/mol. The molecule has 0 atom stereocenters. The van der Waals surface area contributed by atoms with Gasteiger partial charge in [-0.05, 0) is 36.7 Å². The quantitative estimate of drug-likeness (QED) is 0.743. The van der Waals surface area contributed by atoms with Crippen molar-refractivity contribution in [1.29, 1.82) is 5.26 Å². The van der Waals surface area contributed by atoms with Crippen molar-refractivity contribution >= 4 is 0 Å². The molecule has 16 heavy (non-hydrogen) atoms. The first kappa shape index (κ1) is 12.7. The Morgan fingerprint density at radius 3 is 2.88 bits per heavy atom. The normalized spacial score (nSPS) is 10.1. The first-order valence-corrected chi connectivity index (χ1v) is 5.56. The number of nitrogens with zero attached hydrogens (tertiary/aromatic N) is 1. The molecule has 0 amide bonds. The van der Waals surface area contributed by atoms with Crippen molar-refractivity contribution in [3.63, 3.8) is 0 Å². The van der Waals surface area contributed by atoms with E-state index in [1.165, 1.54) is 0 Å². The summed E-state index contributed by atoms with van der Waals surface area (Å²) >= 11 is 0. The maximum atomic E-state index is 8.74. The molecule has 0 aliphatic rings. The van der Waals surface area contributed by atoms with Crippen LogP contribution in [0.25, 0.3) is 0 Å². The molecule has 0 spiro atoms. The minimum absolute atomic E-state index is 0.614. The van der Waals surface area contributed by atoms with E-state index in [2.05, 4.69) is 18.3 Å². The molecule has 0 aromatic heterocycles. The molecule has 86 valence electrons. The molecule has 0 saturated heterocycles.